The molecule has 288 valence electrons. The molecular weight excluding hydrogens is 785 g/mol. The molecule has 1 unspecified atom stereocenters. The van der Waals surface area contributed by atoms with Crippen LogP contribution >= 0.6 is 35.0 Å². The molecule has 2 atom stereocenters. The molecule has 19 heteroatoms. The molecule has 3 aromatic rings. The van der Waals surface area contributed by atoms with Crippen molar-refractivity contribution in [3.05, 3.63) is 80.7 Å². The first-order valence-corrected chi connectivity index (χ1v) is 18.6. The second-order valence-electron chi connectivity index (χ2n) is 12.6. The van der Waals surface area contributed by atoms with E-state index >= 15 is 0 Å². The fourth-order valence-corrected chi connectivity index (χ4v) is 6.51. The third kappa shape index (κ3) is 12.6. The molecule has 0 aliphatic heterocycles. The summed E-state index contributed by atoms with van der Waals surface area (Å²) >= 11 is 10.2. The van der Waals surface area contributed by atoms with Gasteiger partial charge in [-0.05, 0) is 75.4 Å². The zero-order valence-electron chi connectivity index (χ0n) is 28.8. The van der Waals surface area contributed by atoms with E-state index in [9.17, 15) is 37.1 Å². The molecule has 2 aromatic carbocycles. The number of nitrogens with zero attached hydrogens (tertiary/aromatic N) is 2. The number of carbonyl (C=O) groups excluding carboxylic acids is 3. The van der Waals surface area contributed by atoms with Crippen molar-refractivity contribution >= 4 is 69.0 Å². The first kappa shape index (κ1) is 41.9. The van der Waals surface area contributed by atoms with E-state index in [-0.39, 0.29) is 68.6 Å². The number of aromatic nitrogens is 1. The van der Waals surface area contributed by atoms with Crippen LogP contribution in [0.3, 0.4) is 0 Å². The van der Waals surface area contributed by atoms with Gasteiger partial charge >= 0.3 is 18.6 Å². The lowest BCUT2D eigenvalue weighted by Crippen LogP contribution is -2.36. The Hall–Kier alpha value is -3.90. The highest BCUT2D eigenvalue weighted by molar-refractivity contribution is 8.14. The van der Waals surface area contributed by atoms with Gasteiger partial charge < -0.3 is 33.4 Å². The van der Waals surface area contributed by atoms with E-state index in [1.165, 1.54) is 43.5 Å². The minimum absolute atomic E-state index is 0.0158. The molecule has 1 aliphatic rings. The maximum Gasteiger partial charge on any atom is 0.387 e. The van der Waals surface area contributed by atoms with Crippen molar-refractivity contribution in [2.45, 2.75) is 58.4 Å². The van der Waals surface area contributed by atoms with Gasteiger partial charge in [0.25, 0.3) is 0 Å². The molecule has 1 saturated carbocycles. The SMILES string of the molecule is COc1ccc(C(=O)SCC(=O)O[C@@H](Cc2c(Cl)c[n+]([O-])cc2Cl)c2ccc(OC(F)F)c(OCC3CC3)c2)cc1N(CC(=O)OC(C)(C)C)S(=O)[O-]. The summed E-state index contributed by atoms with van der Waals surface area (Å²) in [6.45, 7) is 1.26. The van der Waals surface area contributed by atoms with Gasteiger partial charge in [-0.15, -0.1) is 0 Å². The fraction of sp³-hybridized carbons (Fsp3) is 0.412. The number of hydrogen-bond donors (Lipinski definition) is 0. The fourth-order valence-electron chi connectivity index (χ4n) is 4.78. The molecule has 4 rings (SSSR count). The monoisotopic (exact) mass is 819 g/mol. The number of alkyl halides is 2. The molecule has 13 nitrogen and oxygen atoms in total. The third-order valence-corrected chi connectivity index (χ3v) is 9.54. The first-order valence-electron chi connectivity index (χ1n) is 15.9. The van der Waals surface area contributed by atoms with Crippen LogP contribution in [0, 0.1) is 11.1 Å². The van der Waals surface area contributed by atoms with Gasteiger partial charge in [-0.3, -0.25) is 22.9 Å². The number of methoxy groups -OCH3 is 1. The lowest BCUT2D eigenvalue weighted by molar-refractivity contribution is -0.605. The van der Waals surface area contributed by atoms with Gasteiger partial charge in [0.05, 0.1) is 25.2 Å². The number of rotatable bonds is 17. The molecule has 1 fully saturated rings. The predicted octanol–water partition coefficient (Wildman–Crippen LogP) is 6.37. The van der Waals surface area contributed by atoms with Gasteiger partial charge in [0.1, 0.15) is 34.0 Å². The number of carbonyl (C=O) groups is 3. The average Bonchev–Trinajstić information content (AvgIpc) is 3.90. The highest BCUT2D eigenvalue weighted by atomic mass is 35.5. The number of anilines is 1. The van der Waals surface area contributed by atoms with Crippen LogP contribution < -0.4 is 23.2 Å². The van der Waals surface area contributed by atoms with E-state index in [1.54, 1.807) is 20.8 Å². The Morgan fingerprint density at radius 3 is 2.28 bits per heavy atom. The Balaban J connectivity index is 1.56. The van der Waals surface area contributed by atoms with E-state index in [4.69, 9.17) is 42.1 Å². The largest absolute Gasteiger partial charge is 0.755 e. The lowest BCUT2D eigenvalue weighted by atomic mass is 10.0. The summed E-state index contributed by atoms with van der Waals surface area (Å²) < 4.78 is 78.4. The highest BCUT2D eigenvalue weighted by Crippen LogP contribution is 2.38. The van der Waals surface area contributed by atoms with Crippen LogP contribution in [0.1, 0.15) is 61.2 Å². The second kappa shape index (κ2) is 18.4. The van der Waals surface area contributed by atoms with E-state index in [0.29, 0.717) is 20.8 Å². The summed E-state index contributed by atoms with van der Waals surface area (Å²) in [7, 11) is 1.27. The van der Waals surface area contributed by atoms with E-state index in [0.717, 1.165) is 25.2 Å². The standard InChI is InChI=1S/C34H36Cl2F2N2O11S2/c1-34(2,3)51-30(41)16-40(53(45)46)25-11-21(8-9-26(25)47-4)32(43)52-18-31(42)49-28(13-22-23(35)14-39(44)15-24(22)36)20-7-10-27(50-33(37)38)29(12-20)48-17-19-5-6-19/h7-12,14-15,19,28,33H,5-6,13,16-18H2,1-4H3,(H,45,46)/p-1/t28-/m0/s1. The molecule has 0 amide bonds. The van der Waals surface area contributed by atoms with E-state index in [1.807, 2.05) is 0 Å². The van der Waals surface area contributed by atoms with Crippen LogP contribution in [0.15, 0.2) is 48.8 Å². The second-order valence-corrected chi connectivity index (χ2v) is 15.3. The van der Waals surface area contributed by atoms with E-state index in [2.05, 4.69) is 4.74 Å². The minimum Gasteiger partial charge on any atom is -0.755 e. The van der Waals surface area contributed by atoms with Crippen molar-refractivity contribution < 1.29 is 60.3 Å². The molecule has 1 heterocycles. The summed E-state index contributed by atoms with van der Waals surface area (Å²) in [5.41, 5.74) is -0.528. The maximum atomic E-state index is 13.3. The maximum absolute atomic E-state index is 13.3. The minimum atomic E-state index is -3.13. The topological polar surface area (TPSA) is 168 Å². The van der Waals surface area contributed by atoms with Crippen molar-refractivity contribution in [2.75, 3.05) is 30.3 Å². The summed E-state index contributed by atoms with van der Waals surface area (Å²) in [6, 6.07) is 7.88. The smallest absolute Gasteiger partial charge is 0.387 e. The summed E-state index contributed by atoms with van der Waals surface area (Å²) in [5, 5.41) is 11.1. The van der Waals surface area contributed by atoms with Crippen molar-refractivity contribution in [3.63, 3.8) is 0 Å². The molecule has 0 spiro atoms. The number of thioether (sulfide) groups is 1. The molecule has 0 radical (unpaired) electrons. The molecular formula is C34H35Cl2F2N2O11S2-. The van der Waals surface area contributed by atoms with Crippen LogP contribution in [0.2, 0.25) is 10.0 Å². The Morgan fingerprint density at radius 2 is 1.70 bits per heavy atom. The number of ether oxygens (including phenoxy) is 5. The van der Waals surface area contributed by atoms with Gasteiger partial charge in [0, 0.05) is 28.8 Å². The summed E-state index contributed by atoms with van der Waals surface area (Å²) in [5.74, 6) is -2.21. The zero-order valence-corrected chi connectivity index (χ0v) is 32.0. The summed E-state index contributed by atoms with van der Waals surface area (Å²) in [6.07, 6.45) is 2.63. The molecule has 1 aromatic heterocycles. The normalized spacial score (nSPS) is 13.9. The van der Waals surface area contributed by atoms with Gasteiger partial charge in [-0.2, -0.15) is 13.5 Å². The average molecular weight is 821 g/mol. The quantitative estimate of drug-likeness (QED) is 0.0640. The van der Waals surface area contributed by atoms with Crippen LogP contribution in [-0.4, -0.2) is 64.0 Å². The lowest BCUT2D eigenvalue weighted by Gasteiger charge is -2.29. The van der Waals surface area contributed by atoms with Crippen LogP contribution in [0.4, 0.5) is 14.5 Å². The van der Waals surface area contributed by atoms with Gasteiger partial charge in [0.2, 0.25) is 5.12 Å². The first-order chi connectivity index (χ1) is 24.9. The number of hydrogen-bond acceptors (Lipinski definition) is 12. The molecule has 0 saturated heterocycles. The Labute approximate surface area is 320 Å². The number of esters is 2. The van der Waals surface area contributed by atoms with Crippen molar-refractivity contribution in [1.29, 1.82) is 0 Å². The Kier molecular flexibility index (Phi) is 14.5. The number of halogens is 4. The third-order valence-electron chi connectivity index (χ3n) is 7.33. The van der Waals surface area contributed by atoms with Crippen LogP contribution in [0.25, 0.3) is 0 Å². The summed E-state index contributed by atoms with van der Waals surface area (Å²) in [4.78, 5) is 39.0. The molecule has 53 heavy (non-hydrogen) atoms. The van der Waals surface area contributed by atoms with E-state index < -0.39 is 58.9 Å². The van der Waals surface area contributed by atoms with Gasteiger partial charge in [-0.1, -0.05) is 41.0 Å². The van der Waals surface area contributed by atoms with Crippen LogP contribution in [0.5, 0.6) is 17.2 Å². The highest BCUT2D eigenvalue weighted by Gasteiger charge is 2.28. The van der Waals surface area contributed by atoms with Gasteiger partial charge in [0.15, 0.2) is 23.9 Å². The zero-order chi connectivity index (χ0) is 39.0. The van der Waals surface area contributed by atoms with Gasteiger partial charge in [-0.25, -0.2) is 0 Å². The predicted molar refractivity (Wildman–Crippen MR) is 191 cm³/mol. The van der Waals surface area contributed by atoms with Crippen molar-refractivity contribution in [1.82, 2.24) is 0 Å². The Bertz CT molecular complexity index is 1820. The number of benzene rings is 2. The Morgan fingerprint density at radius 1 is 1.04 bits per heavy atom. The molecule has 0 N–H and O–H groups in total. The molecule has 1 aliphatic carbocycles. The van der Waals surface area contributed by atoms with Crippen LogP contribution in [-0.2, 0) is 36.8 Å². The molecule has 0 bridgehead atoms. The van der Waals surface area contributed by atoms with Crippen molar-refractivity contribution in [3.8, 4) is 17.2 Å². The number of pyridine rings is 1. The van der Waals surface area contributed by atoms with Crippen molar-refractivity contribution in [2.24, 2.45) is 5.92 Å².